The van der Waals surface area contributed by atoms with Crippen LogP contribution in [0.15, 0.2) is 42.5 Å². The van der Waals surface area contributed by atoms with Gasteiger partial charge in [-0.2, -0.15) is 0 Å². The largest absolute Gasteiger partial charge is 0.465 e. The maximum Gasteiger partial charge on any atom is 0.338 e. The first-order valence-electron chi connectivity index (χ1n) is 7.37. The molecule has 2 aromatic rings. The zero-order valence-electron chi connectivity index (χ0n) is 13.9. The van der Waals surface area contributed by atoms with Crippen molar-refractivity contribution in [2.75, 3.05) is 17.7 Å². The summed E-state index contributed by atoms with van der Waals surface area (Å²) in [6.45, 7) is 1.35. The summed E-state index contributed by atoms with van der Waals surface area (Å²) in [6, 6.07) is 9.65. The minimum absolute atomic E-state index is 0.0791. The van der Waals surface area contributed by atoms with Gasteiger partial charge in [0.05, 0.1) is 17.6 Å². The molecule has 0 bridgehead atoms. The average molecular weight is 357 g/mol. The molecule has 2 N–H and O–H groups in total. The maximum absolute atomic E-state index is 12.4. The number of ether oxygens (including phenoxy) is 1. The number of amides is 2. The van der Waals surface area contributed by atoms with Crippen molar-refractivity contribution in [1.82, 2.24) is 0 Å². The summed E-state index contributed by atoms with van der Waals surface area (Å²) >= 11 is 0. The van der Waals surface area contributed by atoms with Gasteiger partial charge in [-0.25, -0.2) is 4.79 Å². The van der Waals surface area contributed by atoms with E-state index in [9.17, 15) is 24.5 Å². The molecule has 0 saturated heterocycles. The number of hydrogen-bond acceptors (Lipinski definition) is 6. The molecule has 0 aliphatic carbocycles. The zero-order chi connectivity index (χ0) is 19.3. The van der Waals surface area contributed by atoms with Crippen molar-refractivity contribution in [3.8, 4) is 0 Å². The van der Waals surface area contributed by atoms with Gasteiger partial charge in [0, 0.05) is 36.0 Å². The lowest BCUT2D eigenvalue weighted by atomic mass is 10.1. The predicted octanol–water partition coefficient (Wildman–Crippen LogP) is 2.59. The van der Waals surface area contributed by atoms with Crippen LogP contribution in [0.4, 0.5) is 17.1 Å². The molecule has 2 amide bonds. The van der Waals surface area contributed by atoms with E-state index in [1.54, 1.807) is 18.2 Å². The average Bonchev–Trinajstić information content (AvgIpc) is 2.60. The topological polar surface area (TPSA) is 128 Å². The van der Waals surface area contributed by atoms with Crippen LogP contribution in [0.5, 0.6) is 0 Å². The van der Waals surface area contributed by atoms with Gasteiger partial charge in [-0.05, 0) is 24.3 Å². The summed E-state index contributed by atoms with van der Waals surface area (Å²) in [4.78, 5) is 45.5. The van der Waals surface area contributed by atoms with Gasteiger partial charge < -0.3 is 15.4 Å². The fourth-order valence-electron chi connectivity index (χ4n) is 2.16. The number of nitrogens with one attached hydrogen (secondary N) is 2. The third kappa shape index (κ3) is 4.63. The molecule has 2 rings (SSSR count). The number of non-ortho nitro benzene ring substituents is 1. The van der Waals surface area contributed by atoms with Crippen LogP contribution in [-0.2, 0) is 9.53 Å². The summed E-state index contributed by atoms with van der Waals surface area (Å²) in [7, 11) is 1.13. The first-order chi connectivity index (χ1) is 12.3. The highest BCUT2D eigenvalue weighted by Gasteiger charge is 2.18. The quantitative estimate of drug-likeness (QED) is 0.481. The number of carbonyl (C=O) groups excluding carboxylic acids is 3. The summed E-state index contributed by atoms with van der Waals surface area (Å²) in [5.74, 6) is -1.72. The molecule has 0 spiro atoms. The smallest absolute Gasteiger partial charge is 0.338 e. The fourth-order valence-corrected chi connectivity index (χ4v) is 2.16. The highest BCUT2D eigenvalue weighted by molar-refractivity contribution is 6.06. The lowest BCUT2D eigenvalue weighted by Gasteiger charge is -2.09. The fraction of sp³-hybridized carbons (Fsp3) is 0.118. The number of nitrogens with zero attached hydrogens (tertiary/aromatic N) is 1. The van der Waals surface area contributed by atoms with Crippen LogP contribution >= 0.6 is 0 Å². The molecule has 0 aliphatic heterocycles. The van der Waals surface area contributed by atoms with Crippen molar-refractivity contribution in [2.45, 2.75) is 6.92 Å². The standard InChI is InChI=1S/C17H15N3O6/c1-10(21)18-13-4-3-5-14(9-13)19-16(22)11-6-12(17(23)26-2)8-15(7-11)20(24)25/h3-9H,1-2H3,(H,18,21)(H,19,22). The van der Waals surface area contributed by atoms with Crippen LogP contribution in [0.25, 0.3) is 0 Å². The third-order valence-corrected chi connectivity index (χ3v) is 3.25. The number of nitro groups is 1. The molecule has 9 heteroatoms. The molecule has 0 unspecified atom stereocenters. The molecule has 9 nitrogen and oxygen atoms in total. The Hall–Kier alpha value is -3.75. The molecule has 134 valence electrons. The molecule has 0 aliphatic rings. The second-order valence-corrected chi connectivity index (χ2v) is 5.23. The number of rotatable bonds is 5. The highest BCUT2D eigenvalue weighted by atomic mass is 16.6. The number of carbonyl (C=O) groups is 3. The van der Waals surface area contributed by atoms with Crippen molar-refractivity contribution < 1.29 is 24.0 Å². The molecule has 0 aromatic heterocycles. The van der Waals surface area contributed by atoms with Crippen LogP contribution < -0.4 is 10.6 Å². The van der Waals surface area contributed by atoms with Crippen molar-refractivity contribution in [3.05, 3.63) is 63.7 Å². The Morgan fingerprint density at radius 2 is 1.62 bits per heavy atom. The Morgan fingerprint density at radius 3 is 2.19 bits per heavy atom. The first-order valence-corrected chi connectivity index (χ1v) is 7.37. The van der Waals surface area contributed by atoms with Gasteiger partial charge in [-0.1, -0.05) is 6.07 Å². The van der Waals surface area contributed by atoms with Crippen LogP contribution in [0.2, 0.25) is 0 Å². The number of methoxy groups -OCH3 is 1. The van der Waals surface area contributed by atoms with Crippen LogP contribution in [0, 0.1) is 10.1 Å². The molecule has 0 heterocycles. The van der Waals surface area contributed by atoms with Crippen LogP contribution in [0.3, 0.4) is 0 Å². The van der Waals surface area contributed by atoms with E-state index in [-0.39, 0.29) is 17.0 Å². The van der Waals surface area contributed by atoms with Gasteiger partial charge >= 0.3 is 5.97 Å². The molecular formula is C17H15N3O6. The lowest BCUT2D eigenvalue weighted by Crippen LogP contribution is -2.14. The molecule has 26 heavy (non-hydrogen) atoms. The minimum Gasteiger partial charge on any atom is -0.465 e. The third-order valence-electron chi connectivity index (χ3n) is 3.25. The summed E-state index contributed by atoms with van der Waals surface area (Å²) in [6.07, 6.45) is 0. The van der Waals surface area contributed by atoms with E-state index in [4.69, 9.17) is 0 Å². The zero-order valence-corrected chi connectivity index (χ0v) is 13.9. The van der Waals surface area contributed by atoms with Gasteiger partial charge in [0.25, 0.3) is 11.6 Å². The van der Waals surface area contributed by atoms with Crippen molar-refractivity contribution in [2.24, 2.45) is 0 Å². The van der Waals surface area contributed by atoms with E-state index >= 15 is 0 Å². The van der Waals surface area contributed by atoms with Gasteiger partial charge in [-0.3, -0.25) is 19.7 Å². The number of esters is 1. The predicted molar refractivity (Wildman–Crippen MR) is 93.1 cm³/mol. The van der Waals surface area contributed by atoms with Gasteiger partial charge in [-0.15, -0.1) is 0 Å². The van der Waals surface area contributed by atoms with Crippen molar-refractivity contribution in [1.29, 1.82) is 0 Å². The number of nitro benzene ring substituents is 1. The maximum atomic E-state index is 12.4. The van der Waals surface area contributed by atoms with Gasteiger partial charge in [0.1, 0.15) is 0 Å². The van der Waals surface area contributed by atoms with Crippen molar-refractivity contribution >= 4 is 34.8 Å². The Kier molecular flexibility index (Phi) is 5.63. The van der Waals surface area contributed by atoms with Gasteiger partial charge in [0.2, 0.25) is 5.91 Å². The Labute approximate surface area is 148 Å². The van der Waals surface area contributed by atoms with Gasteiger partial charge in [0.15, 0.2) is 0 Å². The second kappa shape index (κ2) is 7.88. The van der Waals surface area contributed by atoms with Crippen LogP contribution in [0.1, 0.15) is 27.6 Å². The molecule has 0 fully saturated rings. The van der Waals surface area contributed by atoms with E-state index in [2.05, 4.69) is 15.4 Å². The number of anilines is 2. The Bertz CT molecular complexity index is 894. The van der Waals surface area contributed by atoms with Crippen molar-refractivity contribution in [3.63, 3.8) is 0 Å². The van der Waals surface area contributed by atoms with Crippen LogP contribution in [-0.4, -0.2) is 29.8 Å². The molecule has 0 radical (unpaired) electrons. The molecule has 2 aromatic carbocycles. The minimum atomic E-state index is -0.796. The van der Waals surface area contributed by atoms with E-state index in [1.807, 2.05) is 0 Å². The molecular weight excluding hydrogens is 342 g/mol. The normalized spacial score (nSPS) is 9.92. The van der Waals surface area contributed by atoms with E-state index < -0.39 is 22.5 Å². The monoisotopic (exact) mass is 357 g/mol. The Morgan fingerprint density at radius 1 is 1.00 bits per heavy atom. The first kappa shape index (κ1) is 18.6. The lowest BCUT2D eigenvalue weighted by molar-refractivity contribution is -0.384. The number of benzene rings is 2. The van der Waals surface area contributed by atoms with E-state index in [1.165, 1.54) is 19.1 Å². The summed E-state index contributed by atoms with van der Waals surface area (Å²) < 4.78 is 4.54. The summed E-state index contributed by atoms with van der Waals surface area (Å²) in [5.41, 5.74) is 0.241. The second-order valence-electron chi connectivity index (χ2n) is 5.23. The highest BCUT2D eigenvalue weighted by Crippen LogP contribution is 2.20. The Balaban J connectivity index is 2.31. The molecule has 0 atom stereocenters. The number of hydrogen-bond donors (Lipinski definition) is 2. The SMILES string of the molecule is COC(=O)c1cc(C(=O)Nc2cccc(NC(C)=O)c2)cc([N+](=O)[O-])c1. The van der Waals surface area contributed by atoms with E-state index in [0.29, 0.717) is 11.4 Å². The molecule has 0 saturated carbocycles. The summed E-state index contributed by atoms with van der Waals surface area (Å²) in [5, 5.41) is 16.2. The van der Waals surface area contributed by atoms with E-state index in [0.717, 1.165) is 19.2 Å².